The van der Waals surface area contributed by atoms with Crippen LogP contribution in [0.4, 0.5) is 0 Å². The average molecular weight is 416 g/mol. The minimum absolute atomic E-state index is 0.0319. The summed E-state index contributed by atoms with van der Waals surface area (Å²) in [5.74, 6) is -0.685. The van der Waals surface area contributed by atoms with Gasteiger partial charge in [-0.1, -0.05) is 44.5 Å². The maximum Gasteiger partial charge on any atom is 0.348 e. The molecule has 1 heterocycles. The highest BCUT2D eigenvalue weighted by atomic mass is 32.1. The molecule has 156 valence electrons. The lowest BCUT2D eigenvalue weighted by Gasteiger charge is -2.05. The van der Waals surface area contributed by atoms with Crippen LogP contribution in [-0.4, -0.2) is 30.8 Å². The first-order chi connectivity index (χ1) is 13.9. The highest BCUT2D eigenvalue weighted by Gasteiger charge is 2.16. The van der Waals surface area contributed by atoms with Crippen LogP contribution in [0, 0.1) is 0 Å². The molecular formula is C23H29NO4S. The number of rotatable bonds is 11. The lowest BCUT2D eigenvalue weighted by atomic mass is 10.1. The molecule has 0 saturated heterocycles. The van der Waals surface area contributed by atoms with Crippen molar-refractivity contribution in [3.63, 3.8) is 0 Å². The van der Waals surface area contributed by atoms with E-state index in [4.69, 9.17) is 4.74 Å². The molecule has 0 radical (unpaired) electrons. The summed E-state index contributed by atoms with van der Waals surface area (Å²) >= 11 is 1.47. The summed E-state index contributed by atoms with van der Waals surface area (Å²) in [6, 6.07) is 9.19. The van der Waals surface area contributed by atoms with Gasteiger partial charge in [0.2, 0.25) is 5.91 Å². The van der Waals surface area contributed by atoms with E-state index in [2.05, 4.69) is 19.2 Å². The van der Waals surface area contributed by atoms with Crippen LogP contribution in [0.5, 0.6) is 0 Å². The zero-order chi connectivity index (χ0) is 21.2. The van der Waals surface area contributed by atoms with Gasteiger partial charge in [-0.2, -0.15) is 0 Å². The second-order valence-corrected chi connectivity index (χ2v) is 8.08. The second-order valence-electron chi connectivity index (χ2n) is 6.95. The largest absolute Gasteiger partial charge is 0.453 e. The fraction of sp³-hybridized carbons (Fsp3) is 0.435. The minimum Gasteiger partial charge on any atom is -0.453 e. The van der Waals surface area contributed by atoms with Crippen molar-refractivity contribution < 1.29 is 19.1 Å². The van der Waals surface area contributed by atoms with Gasteiger partial charge in [-0.25, -0.2) is 4.79 Å². The lowest BCUT2D eigenvalue weighted by molar-refractivity contribution is -0.118. The van der Waals surface area contributed by atoms with Gasteiger partial charge in [0.15, 0.2) is 12.4 Å². The molecule has 0 aliphatic rings. The van der Waals surface area contributed by atoms with E-state index < -0.39 is 5.97 Å². The molecule has 0 aliphatic heterocycles. The number of aryl methyl sites for hydroxylation is 3. The predicted molar refractivity (Wildman–Crippen MR) is 116 cm³/mol. The molecule has 0 saturated carbocycles. The Labute approximate surface area is 176 Å². The maximum absolute atomic E-state index is 12.3. The fourth-order valence-corrected chi connectivity index (χ4v) is 4.25. The Morgan fingerprint density at radius 3 is 2.41 bits per heavy atom. The van der Waals surface area contributed by atoms with E-state index in [9.17, 15) is 14.4 Å². The van der Waals surface area contributed by atoms with Gasteiger partial charge in [0.1, 0.15) is 4.88 Å². The summed E-state index contributed by atoms with van der Waals surface area (Å²) in [6.07, 6.45) is 4.53. The van der Waals surface area contributed by atoms with Crippen molar-refractivity contribution in [1.82, 2.24) is 5.32 Å². The number of hydrogen-bond donors (Lipinski definition) is 1. The minimum atomic E-state index is -0.435. The SMILES string of the molecule is CCCc1sc(C(=O)OCC(=O)c2ccc(CCCNC(C)=O)cc2)cc1CC. The van der Waals surface area contributed by atoms with Crippen molar-refractivity contribution in [2.24, 2.45) is 0 Å². The number of ketones is 1. The quantitative estimate of drug-likeness (QED) is 0.336. The van der Waals surface area contributed by atoms with Crippen LogP contribution < -0.4 is 5.32 Å². The van der Waals surface area contributed by atoms with Crippen molar-refractivity contribution in [3.8, 4) is 0 Å². The maximum atomic E-state index is 12.3. The zero-order valence-corrected chi connectivity index (χ0v) is 18.2. The third-order valence-electron chi connectivity index (χ3n) is 4.58. The molecule has 1 aromatic carbocycles. The number of thiophene rings is 1. The van der Waals surface area contributed by atoms with Crippen LogP contribution in [0.1, 0.15) is 69.6 Å². The highest BCUT2D eigenvalue weighted by molar-refractivity contribution is 7.14. The molecule has 5 nitrogen and oxygen atoms in total. The second kappa shape index (κ2) is 11.5. The monoisotopic (exact) mass is 415 g/mol. The molecule has 29 heavy (non-hydrogen) atoms. The molecule has 0 fully saturated rings. The summed E-state index contributed by atoms with van der Waals surface area (Å²) in [5.41, 5.74) is 2.80. The van der Waals surface area contributed by atoms with Crippen molar-refractivity contribution >= 4 is 29.0 Å². The number of carbonyl (C=O) groups excluding carboxylic acids is 3. The standard InChI is InChI=1S/C23H29NO4S/c1-4-7-21-18(5-2)14-22(29-21)23(27)28-15-20(26)19-11-9-17(10-12-19)8-6-13-24-16(3)25/h9-12,14H,4-8,13,15H2,1-3H3,(H,24,25). The Balaban J connectivity index is 1.85. The average Bonchev–Trinajstić information content (AvgIpc) is 3.13. The Morgan fingerprint density at radius 1 is 1.07 bits per heavy atom. The lowest BCUT2D eigenvalue weighted by Crippen LogP contribution is -2.21. The Hall–Kier alpha value is -2.47. The number of Topliss-reactive ketones (excluding diaryl/α,β-unsaturated/α-hetero) is 1. The summed E-state index contributed by atoms with van der Waals surface area (Å²) in [6.45, 7) is 6.06. The molecule has 1 amide bonds. The first kappa shape index (κ1) is 22.8. The van der Waals surface area contributed by atoms with Crippen LogP contribution in [0.3, 0.4) is 0 Å². The summed E-state index contributed by atoms with van der Waals surface area (Å²) < 4.78 is 5.25. The van der Waals surface area contributed by atoms with Gasteiger partial charge in [-0.05, 0) is 42.9 Å². The Kier molecular flexibility index (Phi) is 9.06. The first-order valence-corrected chi connectivity index (χ1v) is 10.9. The molecule has 0 spiro atoms. The van der Waals surface area contributed by atoms with Crippen LogP contribution in [-0.2, 0) is 28.8 Å². The van der Waals surface area contributed by atoms with Crippen LogP contribution in [0.2, 0.25) is 0 Å². The van der Waals surface area contributed by atoms with E-state index in [0.717, 1.165) is 37.7 Å². The fourth-order valence-electron chi connectivity index (χ4n) is 3.00. The third kappa shape index (κ3) is 7.13. The molecular weight excluding hydrogens is 386 g/mol. The predicted octanol–water partition coefficient (Wildman–Crippen LogP) is 4.37. The molecule has 2 aromatic rings. The van der Waals surface area contributed by atoms with Gasteiger partial charge in [0.05, 0.1) is 0 Å². The van der Waals surface area contributed by atoms with Crippen molar-refractivity contribution in [2.75, 3.05) is 13.2 Å². The number of ether oxygens (including phenoxy) is 1. The number of hydrogen-bond acceptors (Lipinski definition) is 5. The highest BCUT2D eigenvalue weighted by Crippen LogP contribution is 2.25. The van der Waals surface area contributed by atoms with Gasteiger partial charge in [-0.15, -0.1) is 11.3 Å². The van der Waals surface area contributed by atoms with Gasteiger partial charge in [0, 0.05) is 23.9 Å². The summed E-state index contributed by atoms with van der Waals surface area (Å²) in [5, 5.41) is 2.76. The zero-order valence-electron chi connectivity index (χ0n) is 17.4. The van der Waals surface area contributed by atoms with E-state index in [1.165, 1.54) is 28.7 Å². The molecule has 2 rings (SSSR count). The number of esters is 1. The number of amides is 1. The smallest absolute Gasteiger partial charge is 0.348 e. The van der Waals surface area contributed by atoms with Crippen LogP contribution in [0.15, 0.2) is 30.3 Å². The Bertz CT molecular complexity index is 839. The number of carbonyl (C=O) groups is 3. The molecule has 6 heteroatoms. The molecule has 0 unspecified atom stereocenters. The number of benzene rings is 1. The molecule has 1 aromatic heterocycles. The summed E-state index contributed by atoms with van der Waals surface area (Å²) in [4.78, 5) is 37.3. The topological polar surface area (TPSA) is 72.5 Å². The van der Waals surface area contributed by atoms with Crippen LogP contribution in [0.25, 0.3) is 0 Å². The van der Waals surface area contributed by atoms with Crippen molar-refractivity contribution in [3.05, 3.63) is 56.8 Å². The number of nitrogens with one attached hydrogen (secondary N) is 1. The van der Waals surface area contributed by atoms with Gasteiger partial charge >= 0.3 is 5.97 Å². The van der Waals surface area contributed by atoms with E-state index in [1.54, 1.807) is 12.1 Å². The summed E-state index contributed by atoms with van der Waals surface area (Å²) in [7, 11) is 0. The van der Waals surface area contributed by atoms with E-state index in [0.29, 0.717) is 17.0 Å². The third-order valence-corrected chi connectivity index (χ3v) is 5.80. The van der Waals surface area contributed by atoms with E-state index >= 15 is 0 Å². The van der Waals surface area contributed by atoms with E-state index in [1.807, 2.05) is 18.2 Å². The normalized spacial score (nSPS) is 10.6. The van der Waals surface area contributed by atoms with Gasteiger partial charge in [-0.3, -0.25) is 9.59 Å². The van der Waals surface area contributed by atoms with Crippen LogP contribution >= 0.6 is 11.3 Å². The van der Waals surface area contributed by atoms with Crippen molar-refractivity contribution in [1.29, 1.82) is 0 Å². The van der Waals surface area contributed by atoms with Gasteiger partial charge < -0.3 is 10.1 Å². The first-order valence-electron chi connectivity index (χ1n) is 10.1. The molecule has 0 atom stereocenters. The Morgan fingerprint density at radius 2 is 1.79 bits per heavy atom. The van der Waals surface area contributed by atoms with E-state index in [-0.39, 0.29) is 18.3 Å². The van der Waals surface area contributed by atoms with Gasteiger partial charge in [0.25, 0.3) is 0 Å². The molecule has 0 aliphatic carbocycles. The molecule has 1 N–H and O–H groups in total. The molecule has 0 bridgehead atoms. The van der Waals surface area contributed by atoms with Crippen molar-refractivity contribution in [2.45, 2.75) is 52.9 Å².